The fourth-order valence-electron chi connectivity index (χ4n) is 2.87. The normalized spacial score (nSPS) is 18.5. The highest BCUT2D eigenvalue weighted by molar-refractivity contribution is 9.10. The van der Waals surface area contributed by atoms with E-state index in [9.17, 15) is 4.79 Å². The smallest absolute Gasteiger partial charge is 0.232 e. The number of hydrogen-bond acceptors (Lipinski definition) is 2. The standard InChI is InChI=1S/C16H23BrN2O.ClH/c1-16(2,13-5-4-6-14(17)9-13)15(20)19-8-7-12(11-19)10-18-3;/h4-6,9,12,18H,7-8,10-11H2,1-3H3;1H. The number of halogens is 2. The molecule has 1 unspecified atom stereocenters. The predicted octanol–water partition coefficient (Wildman–Crippen LogP) is 3.22. The Kier molecular flexibility index (Phi) is 6.70. The largest absolute Gasteiger partial charge is 0.342 e. The highest BCUT2D eigenvalue weighted by Crippen LogP contribution is 2.30. The first-order valence-corrected chi connectivity index (χ1v) is 7.94. The first-order chi connectivity index (χ1) is 9.45. The zero-order valence-electron chi connectivity index (χ0n) is 12.9. The van der Waals surface area contributed by atoms with Crippen LogP contribution in [0.1, 0.15) is 25.8 Å². The van der Waals surface area contributed by atoms with Crippen LogP contribution in [0.5, 0.6) is 0 Å². The Balaban J connectivity index is 0.00000220. The molecule has 1 saturated heterocycles. The van der Waals surface area contributed by atoms with E-state index < -0.39 is 5.41 Å². The number of hydrogen-bond donors (Lipinski definition) is 1. The lowest BCUT2D eigenvalue weighted by atomic mass is 9.83. The van der Waals surface area contributed by atoms with Crippen LogP contribution in [-0.2, 0) is 10.2 Å². The van der Waals surface area contributed by atoms with Crippen LogP contribution < -0.4 is 5.32 Å². The number of likely N-dealkylation sites (tertiary alicyclic amines) is 1. The third kappa shape index (κ3) is 4.21. The van der Waals surface area contributed by atoms with Gasteiger partial charge in [0.05, 0.1) is 5.41 Å². The van der Waals surface area contributed by atoms with Gasteiger partial charge in [0.2, 0.25) is 5.91 Å². The summed E-state index contributed by atoms with van der Waals surface area (Å²) < 4.78 is 1.02. The van der Waals surface area contributed by atoms with Crippen LogP contribution in [0.4, 0.5) is 0 Å². The van der Waals surface area contributed by atoms with Gasteiger partial charge >= 0.3 is 0 Å². The number of nitrogens with one attached hydrogen (secondary N) is 1. The lowest BCUT2D eigenvalue weighted by Gasteiger charge is -2.30. The second-order valence-corrected chi connectivity index (χ2v) is 7.01. The Morgan fingerprint density at radius 2 is 2.19 bits per heavy atom. The number of nitrogens with zero attached hydrogens (tertiary/aromatic N) is 1. The van der Waals surface area contributed by atoms with E-state index in [2.05, 4.69) is 21.2 Å². The molecule has 5 heteroatoms. The summed E-state index contributed by atoms with van der Waals surface area (Å²) >= 11 is 3.48. The molecule has 3 nitrogen and oxygen atoms in total. The maximum atomic E-state index is 12.8. The van der Waals surface area contributed by atoms with E-state index in [4.69, 9.17) is 0 Å². The van der Waals surface area contributed by atoms with Crippen molar-refractivity contribution in [3.05, 3.63) is 34.3 Å². The van der Waals surface area contributed by atoms with Crippen LogP contribution in [0, 0.1) is 5.92 Å². The van der Waals surface area contributed by atoms with Gasteiger partial charge < -0.3 is 10.2 Å². The number of amides is 1. The Morgan fingerprint density at radius 1 is 1.48 bits per heavy atom. The Labute approximate surface area is 142 Å². The van der Waals surface area contributed by atoms with E-state index in [1.165, 1.54) is 0 Å². The first kappa shape index (κ1) is 18.5. The maximum Gasteiger partial charge on any atom is 0.232 e. The average Bonchev–Trinajstić information content (AvgIpc) is 2.87. The molecule has 0 spiro atoms. The average molecular weight is 376 g/mol. The Hall–Kier alpha value is -0.580. The molecule has 0 aliphatic carbocycles. The molecule has 0 saturated carbocycles. The van der Waals surface area contributed by atoms with Gasteiger partial charge in [-0.1, -0.05) is 28.1 Å². The van der Waals surface area contributed by atoms with Gasteiger partial charge in [-0.15, -0.1) is 12.4 Å². The molecule has 1 aromatic rings. The van der Waals surface area contributed by atoms with Gasteiger partial charge in [-0.25, -0.2) is 0 Å². The number of rotatable bonds is 4. The van der Waals surface area contributed by atoms with Crippen LogP contribution in [-0.4, -0.2) is 37.5 Å². The summed E-state index contributed by atoms with van der Waals surface area (Å²) in [5.41, 5.74) is 0.590. The number of carbonyl (C=O) groups excluding carboxylic acids is 1. The highest BCUT2D eigenvalue weighted by atomic mass is 79.9. The summed E-state index contributed by atoms with van der Waals surface area (Å²) in [4.78, 5) is 14.8. The molecule has 1 atom stereocenters. The third-order valence-corrected chi connectivity index (χ3v) is 4.64. The molecule has 1 aliphatic rings. The number of benzene rings is 1. The van der Waals surface area contributed by atoms with Crippen LogP contribution in [0.3, 0.4) is 0 Å². The molecule has 1 N–H and O–H groups in total. The summed E-state index contributed by atoms with van der Waals surface area (Å²) in [5.74, 6) is 0.816. The molecule has 1 aromatic carbocycles. The van der Waals surface area contributed by atoms with Gasteiger partial charge in [0.1, 0.15) is 0 Å². The first-order valence-electron chi connectivity index (χ1n) is 7.15. The summed E-state index contributed by atoms with van der Waals surface area (Å²) in [6, 6.07) is 8.05. The predicted molar refractivity (Wildman–Crippen MR) is 93.0 cm³/mol. The van der Waals surface area contributed by atoms with Crippen molar-refractivity contribution in [2.24, 2.45) is 5.92 Å². The van der Waals surface area contributed by atoms with Crippen molar-refractivity contribution in [3.63, 3.8) is 0 Å². The minimum absolute atomic E-state index is 0. The molecule has 1 amide bonds. The van der Waals surface area contributed by atoms with Crippen LogP contribution in [0.25, 0.3) is 0 Å². The fourth-order valence-corrected chi connectivity index (χ4v) is 3.27. The summed E-state index contributed by atoms with van der Waals surface area (Å²) in [6.45, 7) is 6.77. The molecular weight excluding hydrogens is 352 g/mol. The SMILES string of the molecule is CNCC1CCN(C(=O)C(C)(C)c2cccc(Br)c2)C1.Cl. The van der Waals surface area contributed by atoms with E-state index in [0.717, 1.165) is 36.1 Å². The van der Waals surface area contributed by atoms with Crippen molar-refractivity contribution >= 4 is 34.2 Å². The second-order valence-electron chi connectivity index (χ2n) is 6.10. The van der Waals surface area contributed by atoms with E-state index in [1.807, 2.05) is 50.1 Å². The van der Waals surface area contributed by atoms with Crippen molar-refractivity contribution in [2.45, 2.75) is 25.7 Å². The van der Waals surface area contributed by atoms with E-state index in [0.29, 0.717) is 5.92 Å². The molecule has 2 rings (SSSR count). The fraction of sp³-hybridized carbons (Fsp3) is 0.562. The molecule has 1 aliphatic heterocycles. The van der Waals surface area contributed by atoms with E-state index >= 15 is 0 Å². The van der Waals surface area contributed by atoms with Crippen molar-refractivity contribution in [1.82, 2.24) is 10.2 Å². The zero-order valence-corrected chi connectivity index (χ0v) is 15.3. The maximum absolute atomic E-state index is 12.8. The second kappa shape index (κ2) is 7.61. The lowest BCUT2D eigenvalue weighted by molar-refractivity contribution is -0.135. The monoisotopic (exact) mass is 374 g/mol. The van der Waals surface area contributed by atoms with Crippen LogP contribution in [0.2, 0.25) is 0 Å². The molecule has 0 aromatic heterocycles. The van der Waals surface area contributed by atoms with Gasteiger partial charge in [-0.05, 0) is 57.5 Å². The van der Waals surface area contributed by atoms with Gasteiger partial charge in [-0.2, -0.15) is 0 Å². The summed E-state index contributed by atoms with van der Waals surface area (Å²) in [5, 5.41) is 3.20. The molecule has 0 radical (unpaired) electrons. The van der Waals surface area contributed by atoms with Crippen molar-refractivity contribution in [2.75, 3.05) is 26.7 Å². The van der Waals surface area contributed by atoms with Gasteiger partial charge in [0.15, 0.2) is 0 Å². The van der Waals surface area contributed by atoms with Crippen LogP contribution in [0.15, 0.2) is 28.7 Å². The summed E-state index contributed by atoms with van der Waals surface area (Å²) in [7, 11) is 1.97. The Bertz CT molecular complexity index is 493. The van der Waals surface area contributed by atoms with Crippen molar-refractivity contribution in [1.29, 1.82) is 0 Å². The van der Waals surface area contributed by atoms with Crippen LogP contribution >= 0.6 is 28.3 Å². The molecule has 0 bridgehead atoms. The molecule has 21 heavy (non-hydrogen) atoms. The molecule has 118 valence electrons. The highest BCUT2D eigenvalue weighted by Gasteiger charge is 2.36. The molecule has 1 heterocycles. The van der Waals surface area contributed by atoms with Gasteiger partial charge in [-0.3, -0.25) is 4.79 Å². The van der Waals surface area contributed by atoms with Gasteiger partial charge in [0.25, 0.3) is 0 Å². The van der Waals surface area contributed by atoms with Crippen molar-refractivity contribution < 1.29 is 4.79 Å². The minimum Gasteiger partial charge on any atom is -0.342 e. The Morgan fingerprint density at radius 3 is 2.81 bits per heavy atom. The zero-order chi connectivity index (χ0) is 14.8. The van der Waals surface area contributed by atoms with Gasteiger partial charge in [0, 0.05) is 17.6 Å². The third-order valence-electron chi connectivity index (χ3n) is 4.15. The topological polar surface area (TPSA) is 32.3 Å². The minimum atomic E-state index is -0.474. The lowest BCUT2D eigenvalue weighted by Crippen LogP contribution is -2.42. The number of carbonyl (C=O) groups is 1. The van der Waals surface area contributed by atoms with E-state index in [-0.39, 0.29) is 18.3 Å². The molecule has 1 fully saturated rings. The quantitative estimate of drug-likeness (QED) is 0.876. The van der Waals surface area contributed by atoms with Crippen molar-refractivity contribution in [3.8, 4) is 0 Å². The molecular formula is C16H24BrClN2O. The summed E-state index contributed by atoms with van der Waals surface area (Å²) in [6.07, 6.45) is 1.10. The van der Waals surface area contributed by atoms with E-state index in [1.54, 1.807) is 0 Å².